The lowest BCUT2D eigenvalue weighted by Crippen LogP contribution is -2.36. The van der Waals surface area contributed by atoms with E-state index < -0.39 is 11.7 Å². The van der Waals surface area contributed by atoms with E-state index in [1.807, 2.05) is 0 Å². The molecule has 4 nitrogen and oxygen atoms in total. The summed E-state index contributed by atoms with van der Waals surface area (Å²) in [6, 6.07) is 4.76. The van der Waals surface area contributed by atoms with Crippen molar-refractivity contribution in [2.24, 2.45) is 5.73 Å². The third-order valence-electron chi connectivity index (χ3n) is 2.60. The van der Waals surface area contributed by atoms with Gasteiger partial charge >= 0.3 is 6.09 Å². The first-order valence-corrected chi connectivity index (χ1v) is 7.14. The minimum Gasteiger partial charge on any atom is -0.444 e. The van der Waals surface area contributed by atoms with Crippen LogP contribution in [0.1, 0.15) is 32.3 Å². The predicted octanol–water partition coefficient (Wildman–Crippen LogP) is 3.16. The van der Waals surface area contributed by atoms with E-state index >= 15 is 0 Å². The van der Waals surface area contributed by atoms with Crippen LogP contribution in [0.15, 0.2) is 22.7 Å². The maximum atomic E-state index is 13.5. The van der Waals surface area contributed by atoms with Crippen LogP contribution in [0, 0.1) is 5.82 Å². The fourth-order valence-corrected chi connectivity index (χ4v) is 2.26. The molecule has 0 heterocycles. The molecule has 0 saturated heterocycles. The molecule has 1 aromatic carbocycles. The Hall–Kier alpha value is -1.14. The van der Waals surface area contributed by atoms with Gasteiger partial charge in [-0.3, -0.25) is 0 Å². The zero-order valence-corrected chi connectivity index (χ0v) is 13.5. The monoisotopic (exact) mass is 346 g/mol. The van der Waals surface area contributed by atoms with E-state index in [1.165, 1.54) is 6.07 Å². The summed E-state index contributed by atoms with van der Waals surface area (Å²) < 4.78 is 19.0. The van der Waals surface area contributed by atoms with Crippen LogP contribution in [0.5, 0.6) is 0 Å². The van der Waals surface area contributed by atoms with Gasteiger partial charge in [-0.25, -0.2) is 9.18 Å². The van der Waals surface area contributed by atoms with Gasteiger partial charge in [-0.2, -0.15) is 0 Å². The van der Waals surface area contributed by atoms with Crippen molar-refractivity contribution in [3.63, 3.8) is 0 Å². The number of halogens is 2. The Bertz CT molecular complexity index is 475. The van der Waals surface area contributed by atoms with E-state index in [0.717, 1.165) is 5.56 Å². The number of benzene rings is 1. The summed E-state index contributed by atoms with van der Waals surface area (Å²) in [5.74, 6) is -0.536. The summed E-state index contributed by atoms with van der Waals surface area (Å²) in [6.45, 7) is 5.94. The molecule has 112 valence electrons. The van der Waals surface area contributed by atoms with Gasteiger partial charge in [-0.1, -0.05) is 12.1 Å². The van der Waals surface area contributed by atoms with E-state index in [4.69, 9.17) is 10.5 Å². The molecule has 1 amide bonds. The molecule has 0 spiro atoms. The minimum absolute atomic E-state index is 0.187. The molecule has 1 aromatic rings. The number of ether oxygens (including phenoxy) is 1. The van der Waals surface area contributed by atoms with Crippen molar-refractivity contribution in [2.45, 2.75) is 32.3 Å². The molecule has 6 heteroatoms. The Balaban J connectivity index is 2.69. The van der Waals surface area contributed by atoms with Crippen LogP contribution in [0.3, 0.4) is 0 Å². The van der Waals surface area contributed by atoms with Gasteiger partial charge in [-0.15, -0.1) is 0 Å². The van der Waals surface area contributed by atoms with E-state index in [-0.39, 0.29) is 24.8 Å². The molecular formula is C14H20BrFN2O2. The quantitative estimate of drug-likeness (QED) is 0.879. The summed E-state index contributed by atoms with van der Waals surface area (Å²) >= 11 is 3.20. The third kappa shape index (κ3) is 5.09. The first-order valence-electron chi connectivity index (χ1n) is 6.35. The summed E-state index contributed by atoms with van der Waals surface area (Å²) in [7, 11) is 0. The van der Waals surface area contributed by atoms with Crippen molar-refractivity contribution in [3.8, 4) is 0 Å². The number of hydrogen-bond acceptors (Lipinski definition) is 3. The smallest absolute Gasteiger partial charge is 0.407 e. The maximum absolute atomic E-state index is 13.5. The highest BCUT2D eigenvalue weighted by atomic mass is 79.9. The average Bonchev–Trinajstić information content (AvgIpc) is 2.32. The lowest BCUT2D eigenvalue weighted by molar-refractivity contribution is 0.0525. The molecule has 1 unspecified atom stereocenters. The zero-order chi connectivity index (χ0) is 15.3. The molecule has 1 atom stereocenters. The molecule has 0 aliphatic heterocycles. The molecule has 1 rings (SSSR count). The first kappa shape index (κ1) is 16.9. The van der Waals surface area contributed by atoms with Crippen LogP contribution in [0.2, 0.25) is 0 Å². The molecule has 0 radical (unpaired) electrons. The molecule has 0 saturated carbocycles. The van der Waals surface area contributed by atoms with Crippen molar-refractivity contribution >= 4 is 22.0 Å². The van der Waals surface area contributed by atoms with Gasteiger partial charge in [-0.05, 0) is 48.3 Å². The number of carbonyl (C=O) groups is 1. The van der Waals surface area contributed by atoms with Crippen LogP contribution in [-0.2, 0) is 4.74 Å². The van der Waals surface area contributed by atoms with Gasteiger partial charge in [0.25, 0.3) is 0 Å². The highest BCUT2D eigenvalue weighted by molar-refractivity contribution is 9.10. The van der Waals surface area contributed by atoms with Crippen molar-refractivity contribution in [1.82, 2.24) is 5.32 Å². The van der Waals surface area contributed by atoms with Gasteiger partial charge in [0.05, 0.1) is 4.47 Å². The number of rotatable bonds is 4. The largest absolute Gasteiger partial charge is 0.444 e. The van der Waals surface area contributed by atoms with Crippen LogP contribution in [0.25, 0.3) is 0 Å². The Morgan fingerprint density at radius 1 is 1.50 bits per heavy atom. The van der Waals surface area contributed by atoms with Gasteiger partial charge in [0.1, 0.15) is 11.4 Å². The maximum Gasteiger partial charge on any atom is 0.407 e. The molecule has 3 N–H and O–H groups in total. The number of amides is 1. The van der Waals surface area contributed by atoms with Gasteiger partial charge in [0, 0.05) is 19.0 Å². The van der Waals surface area contributed by atoms with Crippen LogP contribution < -0.4 is 11.1 Å². The highest BCUT2D eigenvalue weighted by Gasteiger charge is 2.19. The standard InChI is InChI=1S/C14H20BrFN2O2/c1-14(2,3)20-13(19)18-8-9(7-17)10-5-4-6-11(16)12(10)15/h4-6,9H,7-8,17H2,1-3H3,(H,18,19). The molecule has 0 aliphatic carbocycles. The number of nitrogens with two attached hydrogens (primary N) is 1. The summed E-state index contributed by atoms with van der Waals surface area (Å²) in [6.07, 6.45) is -0.511. The SMILES string of the molecule is CC(C)(C)OC(=O)NCC(CN)c1cccc(F)c1Br. The number of nitrogens with one attached hydrogen (secondary N) is 1. The molecule has 0 aliphatic rings. The second-order valence-electron chi connectivity index (χ2n) is 5.46. The fraction of sp³-hybridized carbons (Fsp3) is 0.500. The van der Waals surface area contributed by atoms with Crippen molar-refractivity contribution in [2.75, 3.05) is 13.1 Å². The predicted molar refractivity (Wildman–Crippen MR) is 80.1 cm³/mol. The van der Waals surface area contributed by atoms with E-state index in [0.29, 0.717) is 4.47 Å². The van der Waals surface area contributed by atoms with Crippen LogP contribution >= 0.6 is 15.9 Å². The molecule has 0 bridgehead atoms. The molecular weight excluding hydrogens is 327 g/mol. The summed E-state index contributed by atoms with van der Waals surface area (Å²) in [5.41, 5.74) is 5.87. The normalized spacial score (nSPS) is 12.9. The molecule has 20 heavy (non-hydrogen) atoms. The number of alkyl carbamates (subject to hydrolysis) is 1. The lowest BCUT2D eigenvalue weighted by Gasteiger charge is -2.22. The minimum atomic E-state index is -0.554. The van der Waals surface area contributed by atoms with Gasteiger partial charge in [0.2, 0.25) is 0 Å². The first-order chi connectivity index (χ1) is 9.24. The zero-order valence-electron chi connectivity index (χ0n) is 11.9. The Labute approximate surface area is 127 Å². The lowest BCUT2D eigenvalue weighted by atomic mass is 9.99. The second kappa shape index (κ2) is 7.04. The Morgan fingerprint density at radius 3 is 2.70 bits per heavy atom. The topological polar surface area (TPSA) is 64.3 Å². The van der Waals surface area contributed by atoms with Gasteiger partial charge in [0.15, 0.2) is 0 Å². The fourth-order valence-electron chi connectivity index (χ4n) is 1.68. The van der Waals surface area contributed by atoms with E-state index in [9.17, 15) is 9.18 Å². The number of hydrogen-bond donors (Lipinski definition) is 2. The Kier molecular flexibility index (Phi) is 5.95. The number of carbonyl (C=O) groups excluding carboxylic acids is 1. The van der Waals surface area contributed by atoms with E-state index in [2.05, 4.69) is 21.2 Å². The second-order valence-corrected chi connectivity index (χ2v) is 6.25. The highest BCUT2D eigenvalue weighted by Crippen LogP contribution is 2.26. The molecule has 0 aromatic heterocycles. The Morgan fingerprint density at radius 2 is 2.15 bits per heavy atom. The van der Waals surface area contributed by atoms with Crippen LogP contribution in [-0.4, -0.2) is 24.8 Å². The summed E-state index contributed by atoms with van der Waals surface area (Å²) in [4.78, 5) is 11.6. The van der Waals surface area contributed by atoms with Crippen LogP contribution in [0.4, 0.5) is 9.18 Å². The van der Waals surface area contributed by atoms with Crippen molar-refractivity contribution in [3.05, 3.63) is 34.1 Å². The third-order valence-corrected chi connectivity index (χ3v) is 3.43. The summed E-state index contributed by atoms with van der Waals surface area (Å²) in [5, 5.41) is 2.65. The average molecular weight is 347 g/mol. The van der Waals surface area contributed by atoms with Crippen molar-refractivity contribution < 1.29 is 13.9 Å². The van der Waals surface area contributed by atoms with Gasteiger partial charge < -0.3 is 15.8 Å². The van der Waals surface area contributed by atoms with E-state index in [1.54, 1.807) is 32.9 Å². The van der Waals surface area contributed by atoms with Crippen molar-refractivity contribution in [1.29, 1.82) is 0 Å². The molecule has 0 fully saturated rings.